The summed E-state index contributed by atoms with van der Waals surface area (Å²) in [5.74, 6) is 0.511. The van der Waals surface area contributed by atoms with E-state index in [1.54, 1.807) is 19.2 Å². The third-order valence-corrected chi connectivity index (χ3v) is 4.52. The minimum Gasteiger partial charge on any atom is -0.378 e. The zero-order valence-electron chi connectivity index (χ0n) is 16.4. The molecule has 9 heteroatoms. The topological polar surface area (TPSA) is 48.9 Å². The molecular formula is C19H30F3IN4O. The standard InChI is InChI=1S/C19H29F3N4O.HI/c1-3-4-5-8-24-18(23-2)25-14-15-6-7-16(13-17(15)19(20,21)22)26-9-11-27-12-10-26;/h6-7,13H,3-5,8-12,14H2,1-2H3,(H2,23,24,25);1H. The number of nitrogens with zero attached hydrogens (tertiary/aromatic N) is 2. The molecule has 1 heterocycles. The van der Waals surface area contributed by atoms with Crippen molar-refractivity contribution < 1.29 is 17.9 Å². The lowest BCUT2D eigenvalue weighted by Crippen LogP contribution is -2.38. The monoisotopic (exact) mass is 514 g/mol. The first-order valence-electron chi connectivity index (χ1n) is 9.43. The normalized spacial score (nSPS) is 15.2. The van der Waals surface area contributed by atoms with Crippen molar-refractivity contribution >= 4 is 35.6 Å². The maximum absolute atomic E-state index is 13.6. The molecule has 0 radical (unpaired) electrons. The second-order valence-corrected chi connectivity index (χ2v) is 6.50. The largest absolute Gasteiger partial charge is 0.416 e. The zero-order valence-corrected chi connectivity index (χ0v) is 18.8. The maximum atomic E-state index is 13.6. The van der Waals surface area contributed by atoms with Gasteiger partial charge < -0.3 is 20.3 Å². The van der Waals surface area contributed by atoms with E-state index in [0.29, 0.717) is 38.0 Å². The lowest BCUT2D eigenvalue weighted by molar-refractivity contribution is -0.138. The van der Waals surface area contributed by atoms with Crippen molar-refractivity contribution in [1.29, 1.82) is 0 Å². The Bertz CT molecular complexity index is 620. The molecule has 1 aliphatic heterocycles. The summed E-state index contributed by atoms with van der Waals surface area (Å²) >= 11 is 0. The van der Waals surface area contributed by atoms with Crippen LogP contribution in [0.4, 0.5) is 18.9 Å². The van der Waals surface area contributed by atoms with Crippen LogP contribution in [0.5, 0.6) is 0 Å². The van der Waals surface area contributed by atoms with Gasteiger partial charge in [-0.15, -0.1) is 24.0 Å². The minimum atomic E-state index is -4.41. The fourth-order valence-corrected chi connectivity index (χ4v) is 2.98. The van der Waals surface area contributed by atoms with Crippen LogP contribution in [0.25, 0.3) is 0 Å². The Kier molecular flexibility index (Phi) is 10.9. The van der Waals surface area contributed by atoms with Gasteiger partial charge in [0.05, 0.1) is 18.8 Å². The van der Waals surface area contributed by atoms with Gasteiger partial charge in [-0.05, 0) is 24.1 Å². The van der Waals surface area contributed by atoms with Gasteiger partial charge in [0.1, 0.15) is 0 Å². The van der Waals surface area contributed by atoms with Gasteiger partial charge in [-0.25, -0.2) is 0 Å². The Balaban J connectivity index is 0.00000392. The molecule has 28 heavy (non-hydrogen) atoms. The number of rotatable bonds is 7. The summed E-state index contributed by atoms with van der Waals surface area (Å²) in [5.41, 5.74) is 0.174. The molecule has 5 nitrogen and oxygen atoms in total. The first-order chi connectivity index (χ1) is 13.0. The molecule has 2 rings (SSSR count). The predicted molar refractivity (Wildman–Crippen MR) is 118 cm³/mol. The van der Waals surface area contributed by atoms with Crippen LogP contribution in [0.2, 0.25) is 0 Å². The number of anilines is 1. The van der Waals surface area contributed by atoms with E-state index in [-0.39, 0.29) is 36.1 Å². The van der Waals surface area contributed by atoms with Crippen LogP contribution < -0.4 is 15.5 Å². The molecule has 1 fully saturated rings. The van der Waals surface area contributed by atoms with Gasteiger partial charge in [0.2, 0.25) is 0 Å². The van der Waals surface area contributed by atoms with Crippen molar-refractivity contribution in [2.45, 2.75) is 38.9 Å². The third kappa shape index (κ3) is 7.65. The van der Waals surface area contributed by atoms with Gasteiger partial charge >= 0.3 is 6.18 Å². The number of halogens is 4. The van der Waals surface area contributed by atoms with Crippen molar-refractivity contribution in [3.63, 3.8) is 0 Å². The van der Waals surface area contributed by atoms with E-state index >= 15 is 0 Å². The van der Waals surface area contributed by atoms with Gasteiger partial charge in [-0.2, -0.15) is 13.2 Å². The van der Waals surface area contributed by atoms with Crippen molar-refractivity contribution in [2.24, 2.45) is 4.99 Å². The summed E-state index contributed by atoms with van der Waals surface area (Å²) in [7, 11) is 1.61. The Morgan fingerprint density at radius 3 is 2.50 bits per heavy atom. The van der Waals surface area contributed by atoms with Crippen LogP contribution in [-0.4, -0.2) is 45.9 Å². The fourth-order valence-electron chi connectivity index (χ4n) is 2.98. The first-order valence-corrected chi connectivity index (χ1v) is 9.43. The molecule has 0 atom stereocenters. The fraction of sp³-hybridized carbons (Fsp3) is 0.632. The maximum Gasteiger partial charge on any atom is 0.416 e. The molecule has 0 aromatic heterocycles. The van der Waals surface area contributed by atoms with Crippen LogP contribution in [0.1, 0.15) is 37.3 Å². The molecule has 2 N–H and O–H groups in total. The lowest BCUT2D eigenvalue weighted by atomic mass is 10.0. The van der Waals surface area contributed by atoms with Crippen LogP contribution in [0, 0.1) is 0 Å². The number of ether oxygens (including phenoxy) is 1. The van der Waals surface area contributed by atoms with Crippen molar-refractivity contribution in [3.8, 4) is 0 Å². The van der Waals surface area contributed by atoms with Gasteiger partial charge in [-0.1, -0.05) is 25.8 Å². The number of hydrogen-bond acceptors (Lipinski definition) is 3. The number of nitrogens with one attached hydrogen (secondary N) is 2. The molecule has 1 aliphatic rings. The molecule has 0 aliphatic carbocycles. The highest BCUT2D eigenvalue weighted by atomic mass is 127. The number of unbranched alkanes of at least 4 members (excludes halogenated alkanes) is 2. The Morgan fingerprint density at radius 1 is 1.18 bits per heavy atom. The number of hydrogen-bond donors (Lipinski definition) is 2. The summed E-state index contributed by atoms with van der Waals surface area (Å²) < 4.78 is 46.0. The number of morpholine rings is 1. The number of aliphatic imine (C=N–C) groups is 1. The van der Waals surface area contributed by atoms with E-state index < -0.39 is 11.7 Å². The average molecular weight is 514 g/mol. The summed E-state index contributed by atoms with van der Waals surface area (Å²) in [4.78, 5) is 6.00. The SMILES string of the molecule is CCCCCNC(=NC)NCc1ccc(N2CCOCC2)cc1C(F)(F)F.I. The highest BCUT2D eigenvalue weighted by molar-refractivity contribution is 14.0. The molecular weight excluding hydrogens is 484 g/mol. The molecule has 1 aromatic rings. The Hall–Kier alpha value is -1.23. The van der Waals surface area contributed by atoms with E-state index in [9.17, 15) is 13.2 Å². The third-order valence-electron chi connectivity index (χ3n) is 4.52. The quantitative estimate of drug-likeness (QED) is 0.250. The van der Waals surface area contributed by atoms with Crippen LogP contribution >= 0.6 is 24.0 Å². The molecule has 0 spiro atoms. The second-order valence-electron chi connectivity index (χ2n) is 6.50. The molecule has 0 bridgehead atoms. The van der Waals surface area contributed by atoms with Crippen molar-refractivity contribution in [1.82, 2.24) is 10.6 Å². The van der Waals surface area contributed by atoms with E-state index in [0.717, 1.165) is 25.8 Å². The van der Waals surface area contributed by atoms with Crippen LogP contribution in [0.3, 0.4) is 0 Å². The van der Waals surface area contributed by atoms with E-state index in [4.69, 9.17) is 4.74 Å². The van der Waals surface area contributed by atoms with Crippen molar-refractivity contribution in [3.05, 3.63) is 29.3 Å². The zero-order chi connectivity index (χ0) is 19.7. The molecule has 160 valence electrons. The van der Waals surface area contributed by atoms with Gasteiger partial charge in [-0.3, -0.25) is 4.99 Å². The average Bonchev–Trinajstić information content (AvgIpc) is 2.67. The van der Waals surface area contributed by atoms with Gasteiger partial charge in [0.25, 0.3) is 0 Å². The van der Waals surface area contributed by atoms with Crippen molar-refractivity contribution in [2.75, 3.05) is 44.8 Å². The minimum absolute atomic E-state index is 0. The highest BCUT2D eigenvalue weighted by Crippen LogP contribution is 2.35. The number of guanidine groups is 1. The summed E-state index contributed by atoms with van der Waals surface area (Å²) in [6.07, 6.45) is -1.19. The highest BCUT2D eigenvalue weighted by Gasteiger charge is 2.34. The van der Waals surface area contributed by atoms with E-state index in [1.807, 2.05) is 4.90 Å². The molecule has 0 amide bonds. The number of benzene rings is 1. The molecule has 0 unspecified atom stereocenters. The van der Waals surface area contributed by atoms with Crippen LogP contribution in [0.15, 0.2) is 23.2 Å². The van der Waals surface area contributed by atoms with E-state index in [1.165, 1.54) is 6.07 Å². The Morgan fingerprint density at radius 2 is 1.89 bits per heavy atom. The summed E-state index contributed by atoms with van der Waals surface area (Å²) in [6, 6.07) is 4.53. The van der Waals surface area contributed by atoms with E-state index in [2.05, 4.69) is 22.5 Å². The number of alkyl halides is 3. The first kappa shape index (κ1) is 24.8. The van der Waals surface area contributed by atoms with Gasteiger partial charge in [0, 0.05) is 38.9 Å². The summed E-state index contributed by atoms with van der Waals surface area (Å²) in [5, 5.41) is 6.11. The predicted octanol–water partition coefficient (Wildman–Crippen LogP) is 4.02. The Labute approximate surface area is 182 Å². The molecule has 0 saturated carbocycles. The lowest BCUT2D eigenvalue weighted by Gasteiger charge is -2.29. The molecule has 1 saturated heterocycles. The van der Waals surface area contributed by atoms with Crippen LogP contribution in [-0.2, 0) is 17.5 Å². The smallest absolute Gasteiger partial charge is 0.378 e. The van der Waals surface area contributed by atoms with Gasteiger partial charge in [0.15, 0.2) is 5.96 Å². The summed E-state index contributed by atoms with van der Waals surface area (Å²) in [6.45, 7) is 5.19. The second kappa shape index (κ2) is 12.4. The molecule has 1 aromatic carbocycles.